The summed E-state index contributed by atoms with van der Waals surface area (Å²) in [6.45, 7) is 6.77. The van der Waals surface area contributed by atoms with E-state index in [1.54, 1.807) is 0 Å². The van der Waals surface area contributed by atoms with E-state index in [2.05, 4.69) is 36.9 Å². The molecule has 0 atom stereocenters. The van der Waals surface area contributed by atoms with Gasteiger partial charge in [-0.15, -0.1) is 0 Å². The van der Waals surface area contributed by atoms with E-state index < -0.39 is 0 Å². The first-order valence-corrected chi connectivity index (χ1v) is 7.96. The van der Waals surface area contributed by atoms with Crippen molar-refractivity contribution < 1.29 is 4.42 Å². The Morgan fingerprint density at radius 1 is 1.05 bits per heavy atom. The van der Waals surface area contributed by atoms with Crippen LogP contribution in [-0.2, 0) is 0 Å². The summed E-state index contributed by atoms with van der Waals surface area (Å²) in [7, 11) is 0. The van der Waals surface area contributed by atoms with Gasteiger partial charge in [0.2, 0.25) is 0 Å². The molecule has 1 aromatic carbocycles. The Labute approximate surface area is 120 Å². The minimum Gasteiger partial charge on any atom is -0.461 e. The van der Waals surface area contributed by atoms with E-state index in [0.29, 0.717) is 0 Å². The molecule has 2 aromatic rings. The fourth-order valence-corrected chi connectivity index (χ4v) is 3.66. The van der Waals surface area contributed by atoms with Crippen molar-refractivity contribution >= 4 is 11.0 Å². The summed E-state index contributed by atoms with van der Waals surface area (Å²) in [5.74, 6) is 1.78. The first kappa shape index (κ1) is 12.5. The van der Waals surface area contributed by atoms with Gasteiger partial charge in [-0.05, 0) is 75.7 Å². The lowest BCUT2D eigenvalue weighted by molar-refractivity contribution is 0.203. The minimum absolute atomic E-state index is 0.722. The molecule has 1 aliphatic heterocycles. The third-order valence-electron chi connectivity index (χ3n) is 5.27. The molecule has 1 saturated carbocycles. The molecule has 0 bridgehead atoms. The van der Waals surface area contributed by atoms with Gasteiger partial charge in [-0.25, -0.2) is 0 Å². The van der Waals surface area contributed by atoms with Gasteiger partial charge in [-0.3, -0.25) is 0 Å². The molecule has 4 rings (SSSR count). The third-order valence-corrected chi connectivity index (χ3v) is 5.27. The molecule has 1 aromatic heterocycles. The number of aryl methyl sites for hydroxylation is 2. The van der Waals surface area contributed by atoms with Crippen LogP contribution < -0.4 is 0 Å². The van der Waals surface area contributed by atoms with Crippen LogP contribution in [0.15, 0.2) is 22.6 Å². The Morgan fingerprint density at radius 3 is 2.50 bits per heavy atom. The highest BCUT2D eigenvalue weighted by Gasteiger charge is 2.32. The summed E-state index contributed by atoms with van der Waals surface area (Å²) >= 11 is 0. The monoisotopic (exact) mass is 269 g/mol. The highest BCUT2D eigenvalue weighted by molar-refractivity contribution is 5.82. The zero-order valence-corrected chi connectivity index (χ0v) is 12.5. The van der Waals surface area contributed by atoms with Gasteiger partial charge < -0.3 is 9.32 Å². The SMILES string of the molecule is Cc1oc2cc(C3CCN(C4CC4)CC3)ccc2c1C. The van der Waals surface area contributed by atoms with Gasteiger partial charge in [0.25, 0.3) is 0 Å². The van der Waals surface area contributed by atoms with Crippen LogP contribution in [-0.4, -0.2) is 24.0 Å². The zero-order valence-electron chi connectivity index (χ0n) is 12.5. The number of likely N-dealkylation sites (tertiary alicyclic amines) is 1. The van der Waals surface area contributed by atoms with Gasteiger partial charge in [0.05, 0.1) is 0 Å². The fourth-order valence-electron chi connectivity index (χ4n) is 3.66. The molecule has 0 spiro atoms. The predicted octanol–water partition coefficient (Wildman–Crippen LogP) is 4.39. The quantitative estimate of drug-likeness (QED) is 0.804. The Morgan fingerprint density at radius 2 is 1.80 bits per heavy atom. The number of fused-ring (bicyclic) bond motifs is 1. The highest BCUT2D eigenvalue weighted by Crippen LogP contribution is 2.36. The van der Waals surface area contributed by atoms with E-state index in [0.717, 1.165) is 23.3 Å². The van der Waals surface area contributed by atoms with Crippen molar-refractivity contribution in [3.05, 3.63) is 35.1 Å². The van der Waals surface area contributed by atoms with Crippen molar-refractivity contribution in [2.45, 2.75) is 51.5 Å². The summed E-state index contributed by atoms with van der Waals surface area (Å²) in [4.78, 5) is 2.69. The van der Waals surface area contributed by atoms with Gasteiger partial charge in [-0.1, -0.05) is 12.1 Å². The van der Waals surface area contributed by atoms with Crippen molar-refractivity contribution in [3.63, 3.8) is 0 Å². The average Bonchev–Trinajstić information content (AvgIpc) is 3.27. The molecular formula is C18H23NO. The van der Waals surface area contributed by atoms with Crippen molar-refractivity contribution in [3.8, 4) is 0 Å². The molecule has 2 fully saturated rings. The second kappa shape index (κ2) is 4.63. The lowest BCUT2D eigenvalue weighted by Gasteiger charge is -2.32. The first-order valence-electron chi connectivity index (χ1n) is 7.96. The minimum atomic E-state index is 0.722. The lowest BCUT2D eigenvalue weighted by Crippen LogP contribution is -2.34. The van der Waals surface area contributed by atoms with Crippen LogP contribution >= 0.6 is 0 Å². The van der Waals surface area contributed by atoms with E-state index in [1.165, 1.54) is 55.3 Å². The van der Waals surface area contributed by atoms with Crippen LogP contribution in [0, 0.1) is 13.8 Å². The Kier molecular flexibility index (Phi) is 2.88. The number of hydrogen-bond donors (Lipinski definition) is 0. The smallest absolute Gasteiger partial charge is 0.134 e. The number of benzene rings is 1. The van der Waals surface area contributed by atoms with Crippen LogP contribution in [0.25, 0.3) is 11.0 Å². The molecule has 2 heteroatoms. The molecule has 106 valence electrons. The maximum Gasteiger partial charge on any atom is 0.134 e. The van der Waals surface area contributed by atoms with Crippen molar-refractivity contribution in [1.82, 2.24) is 4.90 Å². The molecule has 20 heavy (non-hydrogen) atoms. The van der Waals surface area contributed by atoms with Crippen molar-refractivity contribution in [2.75, 3.05) is 13.1 Å². The predicted molar refractivity (Wildman–Crippen MR) is 82.3 cm³/mol. The van der Waals surface area contributed by atoms with Crippen molar-refractivity contribution in [2.24, 2.45) is 0 Å². The molecule has 2 nitrogen and oxygen atoms in total. The molecule has 0 N–H and O–H groups in total. The largest absolute Gasteiger partial charge is 0.461 e. The second-order valence-electron chi connectivity index (χ2n) is 6.58. The summed E-state index contributed by atoms with van der Waals surface area (Å²) in [6, 6.07) is 7.78. The van der Waals surface area contributed by atoms with E-state index >= 15 is 0 Å². The molecule has 0 radical (unpaired) electrons. The number of furan rings is 1. The normalized spacial score (nSPS) is 21.7. The molecule has 0 amide bonds. The van der Waals surface area contributed by atoms with E-state index in [4.69, 9.17) is 4.42 Å². The maximum absolute atomic E-state index is 5.89. The van der Waals surface area contributed by atoms with Gasteiger partial charge in [0.1, 0.15) is 11.3 Å². The van der Waals surface area contributed by atoms with E-state index in [-0.39, 0.29) is 0 Å². The lowest BCUT2D eigenvalue weighted by atomic mass is 9.89. The molecule has 1 aliphatic carbocycles. The summed E-state index contributed by atoms with van der Waals surface area (Å²) in [6.07, 6.45) is 5.48. The summed E-state index contributed by atoms with van der Waals surface area (Å²) < 4.78 is 5.89. The third kappa shape index (κ3) is 2.07. The van der Waals surface area contributed by atoms with Gasteiger partial charge in [-0.2, -0.15) is 0 Å². The fraction of sp³-hybridized carbons (Fsp3) is 0.556. The average molecular weight is 269 g/mol. The Bertz CT molecular complexity index is 630. The number of nitrogens with zero attached hydrogens (tertiary/aromatic N) is 1. The molecule has 0 unspecified atom stereocenters. The van der Waals surface area contributed by atoms with E-state index in [9.17, 15) is 0 Å². The van der Waals surface area contributed by atoms with Crippen LogP contribution in [0.5, 0.6) is 0 Å². The molecule has 1 saturated heterocycles. The Balaban J connectivity index is 1.56. The number of hydrogen-bond acceptors (Lipinski definition) is 2. The van der Waals surface area contributed by atoms with Gasteiger partial charge in [0.15, 0.2) is 0 Å². The van der Waals surface area contributed by atoms with Crippen LogP contribution in [0.1, 0.15) is 48.5 Å². The second-order valence-corrected chi connectivity index (χ2v) is 6.58. The molecule has 2 aliphatic rings. The Hall–Kier alpha value is -1.28. The van der Waals surface area contributed by atoms with E-state index in [1.807, 2.05) is 0 Å². The standard InChI is InChI=1S/C18H23NO/c1-12-13(2)20-18-11-15(3-6-17(12)18)14-7-9-19(10-8-14)16-4-5-16/h3,6,11,14,16H,4-5,7-10H2,1-2H3. The highest BCUT2D eigenvalue weighted by atomic mass is 16.3. The first-order chi connectivity index (χ1) is 9.72. The van der Waals surface area contributed by atoms with Crippen LogP contribution in [0.4, 0.5) is 0 Å². The zero-order chi connectivity index (χ0) is 13.7. The number of piperidine rings is 1. The van der Waals surface area contributed by atoms with Crippen LogP contribution in [0.2, 0.25) is 0 Å². The number of rotatable bonds is 2. The molecular weight excluding hydrogens is 246 g/mol. The van der Waals surface area contributed by atoms with Crippen molar-refractivity contribution in [1.29, 1.82) is 0 Å². The molecule has 2 heterocycles. The summed E-state index contributed by atoms with van der Waals surface area (Å²) in [5.41, 5.74) is 3.83. The van der Waals surface area contributed by atoms with Crippen LogP contribution in [0.3, 0.4) is 0 Å². The summed E-state index contributed by atoms with van der Waals surface area (Å²) in [5, 5.41) is 1.28. The van der Waals surface area contributed by atoms with Gasteiger partial charge >= 0.3 is 0 Å². The topological polar surface area (TPSA) is 16.4 Å². The van der Waals surface area contributed by atoms with Gasteiger partial charge in [0, 0.05) is 11.4 Å². The maximum atomic E-state index is 5.89.